The molecule has 0 spiro atoms. The van der Waals surface area contributed by atoms with E-state index in [1.165, 1.54) is 22.8 Å². The summed E-state index contributed by atoms with van der Waals surface area (Å²) in [5.74, 6) is -0.0417. The van der Waals surface area contributed by atoms with Gasteiger partial charge in [0, 0.05) is 24.9 Å². The first-order valence-electron chi connectivity index (χ1n) is 8.95. The van der Waals surface area contributed by atoms with Crippen molar-refractivity contribution in [1.82, 2.24) is 19.9 Å². The van der Waals surface area contributed by atoms with Crippen LogP contribution in [0.5, 0.6) is 5.75 Å². The maximum Gasteiger partial charge on any atom is 0.255 e. The minimum absolute atomic E-state index is 0.248. The average Bonchev–Trinajstić information content (AvgIpc) is 3.20. The molecule has 1 amide bonds. The maximum absolute atomic E-state index is 12.8. The number of fused-ring (bicyclic) bond motifs is 1. The van der Waals surface area contributed by atoms with E-state index >= 15 is 0 Å². The van der Waals surface area contributed by atoms with E-state index in [0.717, 1.165) is 9.88 Å². The van der Waals surface area contributed by atoms with E-state index < -0.39 is 30.9 Å². The summed E-state index contributed by atoms with van der Waals surface area (Å²) in [4.78, 5) is 18.0. The molecule has 0 aromatic carbocycles. The summed E-state index contributed by atoms with van der Waals surface area (Å²) in [6.45, 7) is 4.68. The largest absolute Gasteiger partial charge is 0.488 e. The number of hydrogen-bond acceptors (Lipinski definition) is 6. The number of carbonyl (C=O) groups is 1. The number of thiazole rings is 1. The van der Waals surface area contributed by atoms with Crippen molar-refractivity contribution >= 4 is 22.8 Å². The number of ether oxygens (including phenoxy) is 1. The number of nitrogens with one attached hydrogen (secondary N) is 1. The number of carbonyl (C=O) groups excluding carboxylic acids is 1. The minimum atomic E-state index is -2.66. The van der Waals surface area contributed by atoms with Gasteiger partial charge < -0.3 is 15.2 Å². The molecule has 1 atom stereocenters. The Hall–Kier alpha value is -2.59. The third-order valence-electron chi connectivity index (χ3n) is 4.43. The van der Waals surface area contributed by atoms with Gasteiger partial charge in [-0.05, 0) is 26.8 Å². The van der Waals surface area contributed by atoms with Gasteiger partial charge in [-0.3, -0.25) is 4.79 Å². The van der Waals surface area contributed by atoms with E-state index in [-0.39, 0.29) is 5.56 Å². The maximum atomic E-state index is 12.8. The molecule has 3 rings (SSSR count). The molecular weight excluding hydrogens is 402 g/mol. The molecule has 0 saturated carbocycles. The Kier molecular flexibility index (Phi) is 6.13. The number of hydrogen-bond donors (Lipinski definition) is 2. The van der Waals surface area contributed by atoms with Crippen molar-refractivity contribution in [3.05, 3.63) is 45.7 Å². The van der Waals surface area contributed by atoms with Crippen LogP contribution in [0.15, 0.2) is 24.5 Å². The van der Waals surface area contributed by atoms with Gasteiger partial charge in [-0.25, -0.2) is 18.3 Å². The molecule has 7 nitrogen and oxygen atoms in total. The summed E-state index contributed by atoms with van der Waals surface area (Å²) in [6, 6.07) is 3.40. The summed E-state index contributed by atoms with van der Waals surface area (Å²) < 4.78 is 33.0. The van der Waals surface area contributed by atoms with Crippen LogP contribution in [0.2, 0.25) is 0 Å². The van der Waals surface area contributed by atoms with Crippen LogP contribution in [0.1, 0.15) is 39.3 Å². The second kappa shape index (κ2) is 8.42. The van der Waals surface area contributed by atoms with Crippen molar-refractivity contribution in [2.24, 2.45) is 0 Å². The second-order valence-electron chi connectivity index (χ2n) is 7.06. The summed E-state index contributed by atoms with van der Waals surface area (Å²) >= 11 is 1.53. The van der Waals surface area contributed by atoms with Gasteiger partial charge in [0.15, 0.2) is 0 Å². The first kappa shape index (κ1) is 21.1. The molecule has 3 aromatic rings. The Labute approximate surface area is 170 Å². The van der Waals surface area contributed by atoms with Crippen LogP contribution in [0, 0.1) is 13.8 Å². The monoisotopic (exact) mass is 424 g/mol. The van der Waals surface area contributed by atoms with Crippen molar-refractivity contribution in [3.63, 3.8) is 0 Å². The van der Waals surface area contributed by atoms with Gasteiger partial charge in [-0.15, -0.1) is 11.3 Å². The first-order chi connectivity index (χ1) is 13.7. The molecule has 0 radical (unpaired) electrons. The van der Waals surface area contributed by atoms with Crippen LogP contribution in [-0.2, 0) is 6.61 Å². The number of aliphatic hydroxyl groups excluding tert-OH is 1. The SMILES string of the molecule is Cc1ncc(COc2ccn3nc(C)c(C(=O)NC(C)(CO)CC(F)F)c3c2)s1. The van der Waals surface area contributed by atoms with Crippen molar-refractivity contribution in [1.29, 1.82) is 0 Å². The smallest absolute Gasteiger partial charge is 0.255 e. The highest BCUT2D eigenvalue weighted by molar-refractivity contribution is 7.11. The van der Waals surface area contributed by atoms with Crippen LogP contribution in [0.4, 0.5) is 8.78 Å². The molecule has 0 bridgehead atoms. The van der Waals surface area contributed by atoms with E-state index in [1.807, 2.05) is 6.92 Å². The lowest BCUT2D eigenvalue weighted by molar-refractivity contribution is 0.0586. The van der Waals surface area contributed by atoms with Gasteiger partial charge in [-0.2, -0.15) is 5.10 Å². The number of aromatic nitrogens is 3. The fourth-order valence-corrected chi connectivity index (χ4v) is 3.68. The Bertz CT molecular complexity index is 1020. The molecule has 2 N–H and O–H groups in total. The predicted molar refractivity (Wildman–Crippen MR) is 105 cm³/mol. The Balaban J connectivity index is 1.85. The number of rotatable bonds is 8. The first-order valence-corrected chi connectivity index (χ1v) is 9.77. The minimum Gasteiger partial charge on any atom is -0.488 e. The highest BCUT2D eigenvalue weighted by Gasteiger charge is 2.31. The fraction of sp³-hybridized carbons (Fsp3) is 0.421. The molecule has 0 fully saturated rings. The molecule has 3 aromatic heterocycles. The Morgan fingerprint density at radius 3 is 2.83 bits per heavy atom. The number of amides is 1. The molecule has 10 heteroatoms. The lowest BCUT2D eigenvalue weighted by atomic mass is 9.98. The zero-order chi connectivity index (χ0) is 21.2. The van der Waals surface area contributed by atoms with Crippen molar-refractivity contribution in [2.45, 2.75) is 45.8 Å². The van der Waals surface area contributed by atoms with Crippen LogP contribution < -0.4 is 10.1 Å². The second-order valence-corrected chi connectivity index (χ2v) is 8.37. The summed E-state index contributed by atoms with van der Waals surface area (Å²) in [5, 5.41) is 17.3. The van der Waals surface area contributed by atoms with E-state index in [2.05, 4.69) is 15.4 Å². The van der Waals surface area contributed by atoms with Crippen molar-refractivity contribution < 1.29 is 23.4 Å². The van der Waals surface area contributed by atoms with Gasteiger partial charge in [0.25, 0.3) is 5.91 Å². The van der Waals surface area contributed by atoms with E-state index in [4.69, 9.17) is 4.74 Å². The zero-order valence-corrected chi connectivity index (χ0v) is 17.1. The molecule has 29 heavy (non-hydrogen) atoms. The van der Waals surface area contributed by atoms with Gasteiger partial charge in [0.05, 0.1) is 38.8 Å². The zero-order valence-electron chi connectivity index (χ0n) is 16.3. The number of aliphatic hydroxyl groups is 1. The highest BCUT2D eigenvalue weighted by atomic mass is 32.1. The summed E-state index contributed by atoms with van der Waals surface area (Å²) in [7, 11) is 0. The molecule has 3 heterocycles. The van der Waals surface area contributed by atoms with Crippen LogP contribution in [0.3, 0.4) is 0 Å². The summed E-state index contributed by atoms with van der Waals surface area (Å²) in [5.41, 5.74) is -0.271. The third-order valence-corrected chi connectivity index (χ3v) is 5.31. The molecule has 0 aliphatic rings. The number of pyridine rings is 1. The number of aryl methyl sites for hydroxylation is 2. The van der Waals surface area contributed by atoms with E-state index in [0.29, 0.717) is 23.6 Å². The number of nitrogens with zero attached hydrogens (tertiary/aromatic N) is 3. The lowest BCUT2D eigenvalue weighted by Gasteiger charge is -2.28. The molecule has 0 aliphatic carbocycles. The quantitative estimate of drug-likeness (QED) is 0.580. The normalized spacial score (nSPS) is 13.6. The predicted octanol–water partition coefficient (Wildman–Crippen LogP) is 3.12. The average molecular weight is 424 g/mol. The molecule has 156 valence electrons. The fourth-order valence-electron chi connectivity index (χ4n) is 2.97. The van der Waals surface area contributed by atoms with Crippen LogP contribution in [-0.4, -0.2) is 44.2 Å². The van der Waals surface area contributed by atoms with Crippen molar-refractivity contribution in [2.75, 3.05) is 6.61 Å². The molecule has 0 aliphatic heterocycles. The van der Waals surface area contributed by atoms with Crippen LogP contribution >= 0.6 is 11.3 Å². The molecular formula is C19H22F2N4O3S. The topological polar surface area (TPSA) is 88.8 Å². The number of halogens is 2. The Morgan fingerprint density at radius 1 is 1.45 bits per heavy atom. The standard InChI is InChI=1S/C19H22F2N4O3S/c1-11-17(18(27)23-19(3,10-26)7-16(20)21)15-6-13(4-5-25(15)24-11)28-9-14-8-22-12(2)29-14/h4-6,8,16,26H,7,9-10H2,1-3H3,(H,23,27). The van der Waals surface area contributed by atoms with Gasteiger partial charge in [-0.1, -0.05) is 0 Å². The highest BCUT2D eigenvalue weighted by Crippen LogP contribution is 2.24. The molecule has 0 saturated heterocycles. The van der Waals surface area contributed by atoms with Crippen LogP contribution in [0.25, 0.3) is 5.52 Å². The third kappa shape index (κ3) is 4.88. The molecule has 1 unspecified atom stereocenters. The summed E-state index contributed by atoms with van der Waals surface area (Å²) in [6.07, 6.45) is 0.0965. The van der Waals surface area contributed by atoms with E-state index in [9.17, 15) is 18.7 Å². The lowest BCUT2D eigenvalue weighted by Crippen LogP contribution is -2.50. The van der Waals surface area contributed by atoms with Gasteiger partial charge in [0.2, 0.25) is 6.43 Å². The number of alkyl halides is 2. The van der Waals surface area contributed by atoms with Gasteiger partial charge in [0.1, 0.15) is 12.4 Å². The van der Waals surface area contributed by atoms with Crippen molar-refractivity contribution in [3.8, 4) is 5.75 Å². The Morgan fingerprint density at radius 2 is 2.21 bits per heavy atom. The van der Waals surface area contributed by atoms with Gasteiger partial charge >= 0.3 is 0 Å². The van der Waals surface area contributed by atoms with E-state index in [1.54, 1.807) is 31.5 Å².